The van der Waals surface area contributed by atoms with Crippen LogP contribution in [-0.4, -0.2) is 38.8 Å². The zero-order valence-corrected chi connectivity index (χ0v) is 19.3. The molecule has 3 rings (SSSR count). The van der Waals surface area contributed by atoms with Crippen molar-refractivity contribution in [3.63, 3.8) is 0 Å². The third-order valence-electron chi connectivity index (χ3n) is 4.95. The first-order valence-corrected chi connectivity index (χ1v) is 12.1. The maximum absolute atomic E-state index is 13.0. The maximum Gasteiger partial charge on any atom is 0.243 e. The summed E-state index contributed by atoms with van der Waals surface area (Å²) in [7, 11) is -1.98. The SMILES string of the molecule is COc1ccc(S(=O)(=O)N2CCCCC2)cc1CCC(=O)Nc1ccc(I)cc1. The zero-order valence-electron chi connectivity index (χ0n) is 16.4. The number of hydrogen-bond acceptors (Lipinski definition) is 4. The molecule has 0 aromatic heterocycles. The predicted octanol–water partition coefficient (Wildman–Crippen LogP) is 4.05. The van der Waals surface area contributed by atoms with E-state index in [-0.39, 0.29) is 17.2 Å². The minimum Gasteiger partial charge on any atom is -0.496 e. The van der Waals surface area contributed by atoms with E-state index in [2.05, 4.69) is 27.9 Å². The fraction of sp³-hybridized carbons (Fsp3) is 0.381. The first kappa shape index (κ1) is 22.0. The molecule has 2 aromatic rings. The number of carbonyl (C=O) groups is 1. The Morgan fingerprint density at radius 3 is 2.45 bits per heavy atom. The van der Waals surface area contributed by atoms with E-state index in [1.807, 2.05) is 24.3 Å². The van der Waals surface area contributed by atoms with Crippen LogP contribution in [-0.2, 0) is 21.2 Å². The molecule has 0 unspecified atom stereocenters. The molecular formula is C21H25IN2O4S. The smallest absolute Gasteiger partial charge is 0.243 e. The van der Waals surface area contributed by atoms with Crippen LogP contribution in [0.4, 0.5) is 5.69 Å². The van der Waals surface area contributed by atoms with Crippen molar-refractivity contribution < 1.29 is 17.9 Å². The van der Waals surface area contributed by atoms with Gasteiger partial charge in [-0.3, -0.25) is 4.79 Å². The number of anilines is 1. The Hall–Kier alpha value is -1.65. The molecule has 1 N–H and O–H groups in total. The monoisotopic (exact) mass is 528 g/mol. The Morgan fingerprint density at radius 1 is 1.10 bits per heavy atom. The molecule has 2 aromatic carbocycles. The molecule has 1 heterocycles. The van der Waals surface area contributed by atoms with Gasteiger partial charge in [0.2, 0.25) is 15.9 Å². The van der Waals surface area contributed by atoms with Gasteiger partial charge in [-0.25, -0.2) is 8.42 Å². The number of benzene rings is 2. The van der Waals surface area contributed by atoms with Crippen molar-refractivity contribution in [1.29, 1.82) is 0 Å². The van der Waals surface area contributed by atoms with E-state index in [4.69, 9.17) is 4.74 Å². The maximum atomic E-state index is 13.0. The molecule has 156 valence electrons. The van der Waals surface area contributed by atoms with Crippen molar-refractivity contribution in [2.75, 3.05) is 25.5 Å². The molecular weight excluding hydrogens is 503 g/mol. The molecule has 0 bridgehead atoms. The lowest BCUT2D eigenvalue weighted by atomic mass is 10.1. The Labute approximate surface area is 185 Å². The number of amides is 1. The fourth-order valence-corrected chi connectivity index (χ4v) is 5.30. The number of halogens is 1. The molecule has 0 spiro atoms. The average Bonchev–Trinajstić information content (AvgIpc) is 2.74. The summed E-state index contributed by atoms with van der Waals surface area (Å²) < 4.78 is 33.9. The van der Waals surface area contributed by atoms with Gasteiger partial charge in [0.25, 0.3) is 0 Å². The van der Waals surface area contributed by atoms with Gasteiger partial charge in [0, 0.05) is 28.8 Å². The molecule has 8 heteroatoms. The number of nitrogens with one attached hydrogen (secondary N) is 1. The Kier molecular flexibility index (Phi) is 7.53. The van der Waals surface area contributed by atoms with E-state index in [0.29, 0.717) is 30.8 Å². The number of hydrogen-bond donors (Lipinski definition) is 1. The van der Waals surface area contributed by atoms with Crippen LogP contribution < -0.4 is 10.1 Å². The number of aryl methyl sites for hydroxylation is 1. The summed E-state index contributed by atoms with van der Waals surface area (Å²) in [4.78, 5) is 12.6. The predicted molar refractivity (Wildman–Crippen MR) is 122 cm³/mol. The summed E-state index contributed by atoms with van der Waals surface area (Å²) >= 11 is 2.21. The van der Waals surface area contributed by atoms with Crippen LogP contribution in [0.2, 0.25) is 0 Å². The van der Waals surface area contributed by atoms with Gasteiger partial charge in [-0.2, -0.15) is 4.31 Å². The quantitative estimate of drug-likeness (QED) is 0.551. The summed E-state index contributed by atoms with van der Waals surface area (Å²) in [5.74, 6) is 0.460. The van der Waals surface area contributed by atoms with E-state index in [0.717, 1.165) is 28.5 Å². The molecule has 0 aliphatic carbocycles. The molecule has 1 saturated heterocycles. The van der Waals surface area contributed by atoms with Crippen molar-refractivity contribution in [2.45, 2.75) is 37.0 Å². The van der Waals surface area contributed by atoms with Gasteiger partial charge in [-0.05, 0) is 89.9 Å². The van der Waals surface area contributed by atoms with Gasteiger partial charge >= 0.3 is 0 Å². The minimum atomic E-state index is -3.52. The zero-order chi connectivity index (χ0) is 20.9. The second-order valence-corrected chi connectivity index (χ2v) is 10.2. The van der Waals surface area contributed by atoms with Gasteiger partial charge < -0.3 is 10.1 Å². The van der Waals surface area contributed by atoms with Crippen molar-refractivity contribution in [3.05, 3.63) is 51.6 Å². The molecule has 1 amide bonds. The third kappa shape index (κ3) is 5.70. The number of nitrogens with zero attached hydrogens (tertiary/aromatic N) is 1. The standard InChI is InChI=1S/C21H25IN2O4S/c1-28-20-11-10-19(29(26,27)24-13-3-2-4-14-24)15-16(20)5-12-21(25)23-18-8-6-17(22)7-9-18/h6-11,15H,2-5,12-14H2,1H3,(H,23,25). The summed E-state index contributed by atoms with van der Waals surface area (Å²) in [6.07, 6.45) is 3.47. The highest BCUT2D eigenvalue weighted by Gasteiger charge is 2.26. The van der Waals surface area contributed by atoms with Gasteiger partial charge in [-0.1, -0.05) is 6.42 Å². The number of methoxy groups -OCH3 is 1. The van der Waals surface area contributed by atoms with Crippen molar-refractivity contribution >= 4 is 44.2 Å². The normalized spacial score (nSPS) is 15.1. The van der Waals surface area contributed by atoms with Crippen LogP contribution in [0.5, 0.6) is 5.75 Å². The molecule has 1 aliphatic rings. The van der Waals surface area contributed by atoms with Crippen LogP contribution in [0.1, 0.15) is 31.2 Å². The summed E-state index contributed by atoms with van der Waals surface area (Å²) in [5.41, 5.74) is 1.45. The highest BCUT2D eigenvalue weighted by Crippen LogP contribution is 2.27. The van der Waals surface area contributed by atoms with Crippen LogP contribution in [0, 0.1) is 3.57 Å². The average molecular weight is 528 g/mol. The third-order valence-corrected chi connectivity index (χ3v) is 7.57. The van der Waals surface area contributed by atoms with E-state index in [1.54, 1.807) is 29.6 Å². The van der Waals surface area contributed by atoms with Crippen LogP contribution in [0.15, 0.2) is 47.4 Å². The lowest BCUT2D eigenvalue weighted by molar-refractivity contribution is -0.116. The number of piperidine rings is 1. The highest BCUT2D eigenvalue weighted by atomic mass is 127. The van der Waals surface area contributed by atoms with Gasteiger partial charge in [0.1, 0.15) is 5.75 Å². The Bertz CT molecular complexity index is 955. The first-order valence-electron chi connectivity index (χ1n) is 9.62. The summed E-state index contributed by atoms with van der Waals surface area (Å²) in [5, 5.41) is 2.86. The van der Waals surface area contributed by atoms with Crippen LogP contribution in [0.3, 0.4) is 0 Å². The Balaban J connectivity index is 1.71. The van der Waals surface area contributed by atoms with E-state index in [9.17, 15) is 13.2 Å². The molecule has 6 nitrogen and oxygen atoms in total. The topological polar surface area (TPSA) is 75.7 Å². The molecule has 29 heavy (non-hydrogen) atoms. The second-order valence-electron chi connectivity index (χ2n) is 6.99. The van der Waals surface area contributed by atoms with E-state index < -0.39 is 10.0 Å². The number of rotatable bonds is 7. The molecule has 0 radical (unpaired) electrons. The molecule has 1 fully saturated rings. The summed E-state index contributed by atoms with van der Waals surface area (Å²) in [6.45, 7) is 1.12. The van der Waals surface area contributed by atoms with Gasteiger partial charge in [-0.15, -0.1) is 0 Å². The minimum absolute atomic E-state index is 0.127. The van der Waals surface area contributed by atoms with Crippen molar-refractivity contribution in [2.24, 2.45) is 0 Å². The fourth-order valence-electron chi connectivity index (χ4n) is 3.37. The lowest BCUT2D eigenvalue weighted by Gasteiger charge is -2.26. The largest absolute Gasteiger partial charge is 0.496 e. The molecule has 0 atom stereocenters. The van der Waals surface area contributed by atoms with Gasteiger partial charge in [0.05, 0.1) is 12.0 Å². The number of ether oxygens (including phenoxy) is 1. The summed E-state index contributed by atoms with van der Waals surface area (Å²) in [6, 6.07) is 12.4. The Morgan fingerprint density at radius 2 is 1.79 bits per heavy atom. The lowest BCUT2D eigenvalue weighted by Crippen LogP contribution is -2.35. The van der Waals surface area contributed by atoms with Crippen LogP contribution in [0.25, 0.3) is 0 Å². The van der Waals surface area contributed by atoms with E-state index >= 15 is 0 Å². The van der Waals surface area contributed by atoms with Crippen molar-refractivity contribution in [1.82, 2.24) is 4.31 Å². The molecule has 0 saturated carbocycles. The van der Waals surface area contributed by atoms with E-state index in [1.165, 1.54) is 0 Å². The van der Waals surface area contributed by atoms with Crippen LogP contribution >= 0.6 is 22.6 Å². The van der Waals surface area contributed by atoms with Crippen molar-refractivity contribution in [3.8, 4) is 5.75 Å². The number of sulfonamides is 1. The number of carbonyl (C=O) groups excluding carboxylic acids is 1. The highest BCUT2D eigenvalue weighted by molar-refractivity contribution is 14.1. The first-order chi connectivity index (χ1) is 13.9. The molecule has 1 aliphatic heterocycles. The second kappa shape index (κ2) is 9.90. The van der Waals surface area contributed by atoms with Gasteiger partial charge in [0.15, 0.2) is 0 Å².